The average Bonchev–Trinajstić information content (AvgIpc) is 2.28. The van der Waals surface area contributed by atoms with Gasteiger partial charge >= 0.3 is 0 Å². The Balaban J connectivity index is 2.84. The molecule has 0 spiro atoms. The number of carbonyl (C=O) groups is 1. The van der Waals surface area contributed by atoms with Gasteiger partial charge in [0.2, 0.25) is 5.91 Å². The molecule has 3 N–H and O–H groups in total. The Hall–Kier alpha value is -1.35. The van der Waals surface area contributed by atoms with E-state index in [-0.39, 0.29) is 5.91 Å². The van der Waals surface area contributed by atoms with Crippen molar-refractivity contribution in [1.29, 1.82) is 0 Å². The first-order valence-electron chi connectivity index (χ1n) is 5.71. The molecule has 0 aromatic heterocycles. The predicted molar refractivity (Wildman–Crippen MR) is 67.4 cm³/mol. The maximum Gasteiger partial charge on any atom is 0.241 e. The molecule has 1 amide bonds. The highest BCUT2D eigenvalue weighted by atomic mass is 16.2. The molecule has 0 saturated carbocycles. The van der Waals surface area contributed by atoms with E-state index in [1.807, 2.05) is 31.2 Å². The van der Waals surface area contributed by atoms with Crippen LogP contribution in [-0.2, 0) is 4.79 Å². The van der Waals surface area contributed by atoms with E-state index in [0.717, 1.165) is 11.3 Å². The van der Waals surface area contributed by atoms with E-state index < -0.39 is 6.04 Å². The Morgan fingerprint density at radius 2 is 2.00 bits per heavy atom. The molecule has 1 unspecified atom stereocenters. The van der Waals surface area contributed by atoms with Crippen molar-refractivity contribution in [3.05, 3.63) is 29.8 Å². The first-order chi connectivity index (χ1) is 7.56. The molecule has 0 heterocycles. The number of anilines is 1. The lowest BCUT2D eigenvalue weighted by Gasteiger charge is -2.15. The van der Waals surface area contributed by atoms with E-state index in [4.69, 9.17) is 5.73 Å². The molecule has 1 aromatic rings. The molecule has 1 atom stereocenters. The first kappa shape index (κ1) is 12.7. The van der Waals surface area contributed by atoms with Gasteiger partial charge in [-0.25, -0.2) is 0 Å². The molecule has 0 radical (unpaired) electrons. The summed E-state index contributed by atoms with van der Waals surface area (Å²) in [4.78, 5) is 11.7. The third kappa shape index (κ3) is 3.07. The fourth-order valence-corrected chi connectivity index (χ4v) is 1.53. The van der Waals surface area contributed by atoms with E-state index in [0.29, 0.717) is 12.3 Å². The van der Waals surface area contributed by atoms with Crippen LogP contribution in [0.15, 0.2) is 24.3 Å². The number of hydrogen-bond acceptors (Lipinski definition) is 2. The summed E-state index contributed by atoms with van der Waals surface area (Å²) in [5.41, 5.74) is 7.68. The number of nitrogens with one attached hydrogen (secondary N) is 1. The number of amides is 1. The molecule has 0 fully saturated rings. The smallest absolute Gasteiger partial charge is 0.241 e. The van der Waals surface area contributed by atoms with Gasteiger partial charge in [-0.05, 0) is 24.0 Å². The zero-order valence-electron chi connectivity index (χ0n) is 10.2. The Labute approximate surface area is 97.0 Å². The minimum atomic E-state index is -0.430. The van der Waals surface area contributed by atoms with Gasteiger partial charge in [0.05, 0.1) is 6.04 Å². The normalized spacial score (nSPS) is 12.6. The van der Waals surface area contributed by atoms with Crippen molar-refractivity contribution in [3.8, 4) is 0 Å². The molecule has 1 aromatic carbocycles. The van der Waals surface area contributed by atoms with Crippen LogP contribution in [0.25, 0.3) is 0 Å². The lowest BCUT2D eigenvalue weighted by molar-refractivity contribution is -0.117. The standard InChI is InChI=1S/C13H20N2O/c1-4-11(14)13(16)15-12-8-6-5-7-10(12)9(2)3/h5-9,11H,4,14H2,1-3H3,(H,15,16). The summed E-state index contributed by atoms with van der Waals surface area (Å²) in [6.45, 7) is 6.11. The quantitative estimate of drug-likeness (QED) is 0.819. The minimum absolute atomic E-state index is 0.115. The van der Waals surface area contributed by atoms with E-state index in [9.17, 15) is 4.79 Å². The molecule has 0 aliphatic heterocycles. The van der Waals surface area contributed by atoms with E-state index >= 15 is 0 Å². The number of rotatable bonds is 4. The second-order valence-corrected chi connectivity index (χ2v) is 4.25. The fourth-order valence-electron chi connectivity index (χ4n) is 1.53. The first-order valence-corrected chi connectivity index (χ1v) is 5.71. The maximum atomic E-state index is 11.7. The van der Waals surface area contributed by atoms with Crippen LogP contribution >= 0.6 is 0 Å². The Kier molecular flexibility index (Phi) is 4.50. The zero-order valence-corrected chi connectivity index (χ0v) is 10.2. The van der Waals surface area contributed by atoms with Gasteiger partial charge in [-0.1, -0.05) is 39.0 Å². The Morgan fingerprint density at radius 1 is 1.38 bits per heavy atom. The summed E-state index contributed by atoms with van der Waals surface area (Å²) in [7, 11) is 0. The van der Waals surface area contributed by atoms with Crippen molar-refractivity contribution in [2.24, 2.45) is 5.73 Å². The van der Waals surface area contributed by atoms with Crippen molar-refractivity contribution in [2.75, 3.05) is 5.32 Å². The van der Waals surface area contributed by atoms with E-state index in [1.165, 1.54) is 0 Å². The van der Waals surface area contributed by atoms with Crippen molar-refractivity contribution in [3.63, 3.8) is 0 Å². The van der Waals surface area contributed by atoms with Crippen LogP contribution in [0, 0.1) is 0 Å². The summed E-state index contributed by atoms with van der Waals surface area (Å²) in [6.07, 6.45) is 0.648. The van der Waals surface area contributed by atoms with Gasteiger partial charge in [0.1, 0.15) is 0 Å². The lowest BCUT2D eigenvalue weighted by atomic mass is 10.0. The molecule has 0 aliphatic carbocycles. The topological polar surface area (TPSA) is 55.1 Å². The summed E-state index contributed by atoms with van der Waals surface area (Å²) < 4.78 is 0. The number of hydrogen-bond donors (Lipinski definition) is 2. The molecule has 16 heavy (non-hydrogen) atoms. The number of carbonyl (C=O) groups excluding carboxylic acids is 1. The van der Waals surface area contributed by atoms with Crippen LogP contribution in [0.1, 0.15) is 38.7 Å². The van der Waals surface area contributed by atoms with Gasteiger partial charge in [-0.2, -0.15) is 0 Å². The Bertz CT molecular complexity index is 361. The highest BCUT2D eigenvalue weighted by molar-refractivity contribution is 5.95. The van der Waals surface area contributed by atoms with Gasteiger partial charge < -0.3 is 11.1 Å². The SMILES string of the molecule is CCC(N)C(=O)Nc1ccccc1C(C)C. The molecular weight excluding hydrogens is 200 g/mol. The van der Waals surface area contributed by atoms with Gasteiger partial charge in [0, 0.05) is 5.69 Å². The highest BCUT2D eigenvalue weighted by Gasteiger charge is 2.13. The van der Waals surface area contributed by atoms with Crippen LogP contribution in [0.2, 0.25) is 0 Å². The van der Waals surface area contributed by atoms with Gasteiger partial charge in [-0.3, -0.25) is 4.79 Å². The van der Waals surface area contributed by atoms with E-state index in [2.05, 4.69) is 19.2 Å². The van der Waals surface area contributed by atoms with Crippen LogP contribution in [0.5, 0.6) is 0 Å². The van der Waals surface area contributed by atoms with Crippen LogP contribution in [0.4, 0.5) is 5.69 Å². The van der Waals surface area contributed by atoms with Gasteiger partial charge in [-0.15, -0.1) is 0 Å². The molecule has 3 nitrogen and oxygen atoms in total. The maximum absolute atomic E-state index is 11.7. The third-order valence-corrected chi connectivity index (χ3v) is 2.62. The summed E-state index contributed by atoms with van der Waals surface area (Å²) in [5, 5.41) is 2.88. The fraction of sp³-hybridized carbons (Fsp3) is 0.462. The Morgan fingerprint density at radius 3 is 2.56 bits per heavy atom. The third-order valence-electron chi connectivity index (χ3n) is 2.62. The van der Waals surface area contributed by atoms with Crippen molar-refractivity contribution >= 4 is 11.6 Å². The van der Waals surface area contributed by atoms with Crippen molar-refractivity contribution in [1.82, 2.24) is 0 Å². The molecule has 0 saturated heterocycles. The average molecular weight is 220 g/mol. The van der Waals surface area contributed by atoms with Crippen molar-refractivity contribution < 1.29 is 4.79 Å². The van der Waals surface area contributed by atoms with Gasteiger partial charge in [0.25, 0.3) is 0 Å². The minimum Gasteiger partial charge on any atom is -0.324 e. The lowest BCUT2D eigenvalue weighted by Crippen LogP contribution is -2.35. The second-order valence-electron chi connectivity index (χ2n) is 4.25. The largest absolute Gasteiger partial charge is 0.324 e. The molecule has 0 aliphatic rings. The van der Waals surface area contributed by atoms with Crippen LogP contribution < -0.4 is 11.1 Å². The second kappa shape index (κ2) is 5.66. The summed E-state index contributed by atoms with van der Waals surface area (Å²) in [5.74, 6) is 0.268. The molecule has 1 rings (SSSR count). The van der Waals surface area contributed by atoms with Crippen LogP contribution in [0.3, 0.4) is 0 Å². The molecule has 0 bridgehead atoms. The van der Waals surface area contributed by atoms with Crippen LogP contribution in [-0.4, -0.2) is 11.9 Å². The van der Waals surface area contributed by atoms with Gasteiger partial charge in [0.15, 0.2) is 0 Å². The molecule has 3 heteroatoms. The monoisotopic (exact) mass is 220 g/mol. The highest BCUT2D eigenvalue weighted by Crippen LogP contribution is 2.23. The summed E-state index contributed by atoms with van der Waals surface area (Å²) in [6, 6.07) is 7.40. The number of para-hydroxylation sites is 1. The number of benzene rings is 1. The molecule has 88 valence electrons. The zero-order chi connectivity index (χ0) is 12.1. The predicted octanol–water partition coefficient (Wildman–Crippen LogP) is 2.49. The molecular formula is C13H20N2O. The number of nitrogens with two attached hydrogens (primary N) is 1. The van der Waals surface area contributed by atoms with Crippen molar-refractivity contribution in [2.45, 2.75) is 39.2 Å². The van der Waals surface area contributed by atoms with E-state index in [1.54, 1.807) is 0 Å². The summed E-state index contributed by atoms with van der Waals surface area (Å²) >= 11 is 0.